The normalized spacial score (nSPS) is 30.5. The summed E-state index contributed by atoms with van der Waals surface area (Å²) in [6.45, 7) is 7.38. The van der Waals surface area contributed by atoms with Crippen molar-refractivity contribution in [1.29, 1.82) is 0 Å². The largest absolute Gasteiger partial charge is 0.385 e. The fourth-order valence-electron chi connectivity index (χ4n) is 2.83. The number of aryl methyl sites for hydroxylation is 1. The van der Waals surface area contributed by atoms with Crippen molar-refractivity contribution in [2.24, 2.45) is 0 Å². The Labute approximate surface area is 104 Å². The Bertz CT molecular complexity index is 415. The Hall–Kier alpha value is -0.860. The van der Waals surface area contributed by atoms with Crippen molar-refractivity contribution in [2.45, 2.75) is 45.3 Å². The molecule has 2 heteroatoms. The Morgan fingerprint density at radius 3 is 2.71 bits per heavy atom. The van der Waals surface area contributed by atoms with Crippen LogP contribution in [0.3, 0.4) is 0 Å². The number of aliphatic hydroxyl groups is 1. The van der Waals surface area contributed by atoms with Crippen molar-refractivity contribution < 1.29 is 5.11 Å². The number of benzene rings is 1. The van der Waals surface area contributed by atoms with Crippen LogP contribution < -0.4 is 0 Å². The van der Waals surface area contributed by atoms with Gasteiger partial charge in [-0.2, -0.15) is 0 Å². The third-order valence-electron chi connectivity index (χ3n) is 4.37. The van der Waals surface area contributed by atoms with Crippen LogP contribution in [0.25, 0.3) is 0 Å². The van der Waals surface area contributed by atoms with Gasteiger partial charge >= 0.3 is 0 Å². The predicted octanol–water partition coefficient (Wildman–Crippen LogP) is 2.61. The van der Waals surface area contributed by atoms with Gasteiger partial charge in [-0.15, -0.1) is 0 Å². The summed E-state index contributed by atoms with van der Waals surface area (Å²) in [5.74, 6) is 0. The second kappa shape index (κ2) is 4.43. The maximum absolute atomic E-state index is 10.9. The van der Waals surface area contributed by atoms with E-state index in [0.717, 1.165) is 24.9 Å². The number of nitrogens with zero attached hydrogens (tertiary/aromatic N) is 1. The van der Waals surface area contributed by atoms with Gasteiger partial charge in [0.1, 0.15) is 0 Å². The molecule has 2 nitrogen and oxygen atoms in total. The monoisotopic (exact) mass is 233 g/mol. The average molecular weight is 233 g/mol. The van der Waals surface area contributed by atoms with Gasteiger partial charge in [-0.25, -0.2) is 0 Å². The van der Waals surface area contributed by atoms with Crippen LogP contribution in [-0.4, -0.2) is 29.6 Å². The first-order chi connectivity index (χ1) is 7.94. The topological polar surface area (TPSA) is 23.5 Å². The molecule has 94 valence electrons. The van der Waals surface area contributed by atoms with Crippen molar-refractivity contribution in [3.63, 3.8) is 0 Å². The van der Waals surface area contributed by atoms with E-state index in [9.17, 15) is 5.11 Å². The van der Waals surface area contributed by atoms with Gasteiger partial charge in [-0.3, -0.25) is 0 Å². The van der Waals surface area contributed by atoms with E-state index in [1.807, 2.05) is 0 Å². The second-order valence-electron chi connectivity index (χ2n) is 5.56. The molecule has 0 spiro atoms. The van der Waals surface area contributed by atoms with E-state index in [4.69, 9.17) is 0 Å². The highest BCUT2D eigenvalue weighted by Gasteiger charge is 2.37. The fourth-order valence-corrected chi connectivity index (χ4v) is 2.83. The molecule has 0 saturated carbocycles. The van der Waals surface area contributed by atoms with Crippen molar-refractivity contribution in [1.82, 2.24) is 4.90 Å². The summed E-state index contributed by atoms with van der Waals surface area (Å²) >= 11 is 0. The molecule has 1 aliphatic rings. The zero-order chi connectivity index (χ0) is 12.6. The van der Waals surface area contributed by atoms with E-state index in [1.165, 1.54) is 11.1 Å². The molecule has 1 heterocycles. The highest BCUT2D eigenvalue weighted by atomic mass is 16.3. The maximum atomic E-state index is 10.9. The lowest BCUT2D eigenvalue weighted by Crippen LogP contribution is -2.46. The van der Waals surface area contributed by atoms with E-state index in [1.54, 1.807) is 0 Å². The Balaban J connectivity index is 2.35. The van der Waals surface area contributed by atoms with E-state index >= 15 is 0 Å². The van der Waals surface area contributed by atoms with Crippen molar-refractivity contribution in [2.75, 3.05) is 13.6 Å². The lowest BCUT2D eigenvalue weighted by atomic mass is 9.79. The van der Waals surface area contributed by atoms with Gasteiger partial charge < -0.3 is 10.0 Å². The van der Waals surface area contributed by atoms with Gasteiger partial charge in [0.15, 0.2) is 0 Å². The standard InChI is InChI=1S/C15H23NO/c1-11-6-5-7-14(13(11)3)15(17)8-9-16(4)12(2)10-15/h5-7,12,17H,8-10H2,1-4H3. The summed E-state index contributed by atoms with van der Waals surface area (Å²) in [5.41, 5.74) is 2.99. The molecule has 2 rings (SSSR count). The molecule has 1 fully saturated rings. The van der Waals surface area contributed by atoms with Crippen LogP contribution >= 0.6 is 0 Å². The highest BCUT2D eigenvalue weighted by molar-refractivity contribution is 5.37. The van der Waals surface area contributed by atoms with Crippen LogP contribution in [0, 0.1) is 13.8 Å². The average Bonchev–Trinajstić information content (AvgIpc) is 2.28. The molecule has 0 aromatic heterocycles. The first-order valence-electron chi connectivity index (χ1n) is 6.43. The molecule has 0 radical (unpaired) electrons. The molecular weight excluding hydrogens is 210 g/mol. The number of piperidine rings is 1. The van der Waals surface area contributed by atoms with Crippen molar-refractivity contribution in [3.05, 3.63) is 34.9 Å². The molecule has 2 atom stereocenters. The molecule has 17 heavy (non-hydrogen) atoms. The van der Waals surface area contributed by atoms with Crippen LogP contribution in [0.2, 0.25) is 0 Å². The lowest BCUT2D eigenvalue weighted by Gasteiger charge is -2.42. The van der Waals surface area contributed by atoms with Gasteiger partial charge in [-0.05, 0) is 57.4 Å². The molecule has 1 aromatic carbocycles. The third-order valence-corrected chi connectivity index (χ3v) is 4.37. The summed E-state index contributed by atoms with van der Waals surface area (Å²) in [5, 5.41) is 10.9. The molecule has 0 aliphatic carbocycles. The number of likely N-dealkylation sites (tertiary alicyclic amines) is 1. The third kappa shape index (κ3) is 2.24. The summed E-state index contributed by atoms with van der Waals surface area (Å²) in [7, 11) is 2.13. The van der Waals surface area contributed by atoms with Gasteiger partial charge in [-0.1, -0.05) is 18.2 Å². The summed E-state index contributed by atoms with van der Waals surface area (Å²) in [6.07, 6.45) is 1.66. The Kier molecular flexibility index (Phi) is 3.28. The minimum atomic E-state index is -0.637. The molecule has 2 unspecified atom stereocenters. The second-order valence-corrected chi connectivity index (χ2v) is 5.56. The van der Waals surface area contributed by atoms with Gasteiger partial charge in [0.2, 0.25) is 0 Å². The van der Waals surface area contributed by atoms with Crippen LogP contribution in [0.5, 0.6) is 0 Å². The SMILES string of the molecule is Cc1cccc(C2(O)CCN(C)C(C)C2)c1C. The molecule has 1 N–H and O–H groups in total. The molecular formula is C15H23NO. The van der Waals surface area contributed by atoms with E-state index in [-0.39, 0.29) is 0 Å². The smallest absolute Gasteiger partial charge is 0.0926 e. The predicted molar refractivity (Wildman–Crippen MR) is 71.1 cm³/mol. The number of rotatable bonds is 1. The first-order valence-corrected chi connectivity index (χ1v) is 6.43. The van der Waals surface area contributed by atoms with E-state index in [0.29, 0.717) is 6.04 Å². The molecule has 1 aliphatic heterocycles. The van der Waals surface area contributed by atoms with E-state index in [2.05, 4.69) is 50.9 Å². The van der Waals surface area contributed by atoms with Crippen molar-refractivity contribution in [3.8, 4) is 0 Å². The maximum Gasteiger partial charge on any atom is 0.0926 e. The molecule has 0 bridgehead atoms. The summed E-state index contributed by atoms with van der Waals surface area (Å²) in [6, 6.07) is 6.69. The van der Waals surface area contributed by atoms with Crippen LogP contribution in [0.1, 0.15) is 36.5 Å². The van der Waals surface area contributed by atoms with Crippen LogP contribution in [0.15, 0.2) is 18.2 Å². The Morgan fingerprint density at radius 2 is 2.06 bits per heavy atom. The minimum absolute atomic E-state index is 0.439. The lowest BCUT2D eigenvalue weighted by molar-refractivity contribution is -0.0413. The highest BCUT2D eigenvalue weighted by Crippen LogP contribution is 2.37. The quantitative estimate of drug-likeness (QED) is 0.806. The van der Waals surface area contributed by atoms with Gasteiger partial charge in [0.25, 0.3) is 0 Å². The minimum Gasteiger partial charge on any atom is -0.385 e. The summed E-state index contributed by atoms with van der Waals surface area (Å²) < 4.78 is 0. The van der Waals surface area contributed by atoms with Gasteiger partial charge in [0, 0.05) is 12.6 Å². The number of hydrogen-bond donors (Lipinski definition) is 1. The molecule has 1 saturated heterocycles. The molecule has 1 aromatic rings. The number of hydrogen-bond acceptors (Lipinski definition) is 2. The molecule has 0 amide bonds. The fraction of sp³-hybridized carbons (Fsp3) is 0.600. The zero-order valence-electron chi connectivity index (χ0n) is 11.3. The van der Waals surface area contributed by atoms with Crippen LogP contribution in [-0.2, 0) is 5.60 Å². The zero-order valence-corrected chi connectivity index (χ0v) is 11.3. The summed E-state index contributed by atoms with van der Waals surface area (Å²) in [4.78, 5) is 2.32. The van der Waals surface area contributed by atoms with E-state index < -0.39 is 5.60 Å². The van der Waals surface area contributed by atoms with Crippen LogP contribution in [0.4, 0.5) is 0 Å². The van der Waals surface area contributed by atoms with Crippen molar-refractivity contribution >= 4 is 0 Å². The Morgan fingerprint density at radius 1 is 1.35 bits per heavy atom. The van der Waals surface area contributed by atoms with Gasteiger partial charge in [0.05, 0.1) is 5.60 Å². The first kappa shape index (κ1) is 12.6.